The zero-order valence-electron chi connectivity index (χ0n) is 43.1. The number of fused-ring (bicyclic) bond motifs is 2. The van der Waals surface area contributed by atoms with Crippen LogP contribution in [0, 0.1) is 63.5 Å². The van der Waals surface area contributed by atoms with Crippen molar-refractivity contribution in [1.82, 2.24) is 9.97 Å². The van der Waals surface area contributed by atoms with E-state index in [1.165, 1.54) is 90.8 Å². The van der Waals surface area contributed by atoms with Gasteiger partial charge < -0.3 is 15.1 Å². The first kappa shape index (κ1) is 50.3. The van der Waals surface area contributed by atoms with Crippen LogP contribution >= 0.6 is 0 Å². The van der Waals surface area contributed by atoms with E-state index in [1.807, 2.05) is 27.0 Å². The Hall–Kier alpha value is -4.58. The molecule has 1 N–H and O–H groups in total. The van der Waals surface area contributed by atoms with Crippen LogP contribution in [0.25, 0.3) is 44.1 Å². The maximum absolute atomic E-state index is 12.9. The predicted molar refractivity (Wildman–Crippen MR) is 271 cm³/mol. The van der Waals surface area contributed by atoms with Crippen LogP contribution in [0.2, 0.25) is 0 Å². The molecule has 0 bridgehead atoms. The van der Waals surface area contributed by atoms with Gasteiger partial charge in [0.1, 0.15) is 0 Å². The van der Waals surface area contributed by atoms with Gasteiger partial charge in [0.25, 0.3) is 0 Å². The molecule has 0 amide bonds. The first-order valence-electron chi connectivity index (χ1n) is 25.6. The number of hydrogen-bond donors (Lipinski definition) is 1. The van der Waals surface area contributed by atoms with E-state index in [0.29, 0.717) is 19.3 Å². The molecule has 4 aromatic carbocycles. The standard InChI is InChI=1S/2C23H24N.C14H24F2O2.Ir/c2*1-16-11-17(2)13-21(12-16)23-22-8-7-19(14-18-5-3-4-6-18)15-20(22)9-10-24-23;1-5-10(6-2)12(17)8-13(18)11(7-3)9-14(4,15)16;/h2*7-12,15,18H,3-6,14H2,1-2H3;8,10-11,18H,5-7,9H2,1-4H3;/q2*-1;;/b;;13-8-;/i9D,10D;;;. The van der Waals surface area contributed by atoms with Crippen molar-refractivity contribution in [2.75, 3.05) is 0 Å². The van der Waals surface area contributed by atoms with E-state index >= 15 is 0 Å². The summed E-state index contributed by atoms with van der Waals surface area (Å²) in [6.07, 6.45) is 17.7. The van der Waals surface area contributed by atoms with E-state index in [1.54, 1.807) is 6.92 Å². The number of aromatic nitrogens is 2. The van der Waals surface area contributed by atoms with Crippen LogP contribution in [0.3, 0.4) is 0 Å². The summed E-state index contributed by atoms with van der Waals surface area (Å²) in [4.78, 5) is 20.9. The molecule has 2 aliphatic carbocycles. The number of allylic oxidation sites excluding steroid dienone is 2. The molecule has 2 aromatic heterocycles. The summed E-state index contributed by atoms with van der Waals surface area (Å²) in [5, 5.41) is 14.1. The molecule has 1 radical (unpaired) electrons. The number of aliphatic hydroxyl groups is 1. The van der Waals surface area contributed by atoms with Crippen LogP contribution in [0.4, 0.5) is 8.78 Å². The van der Waals surface area contributed by atoms with E-state index in [9.17, 15) is 18.7 Å². The number of rotatable bonds is 14. The summed E-state index contributed by atoms with van der Waals surface area (Å²) in [5.41, 5.74) is 11.2. The van der Waals surface area contributed by atoms with Gasteiger partial charge in [-0.15, -0.1) is 69.8 Å². The number of halogens is 2. The van der Waals surface area contributed by atoms with Gasteiger partial charge in [-0.3, -0.25) is 4.79 Å². The second kappa shape index (κ2) is 25.1. The van der Waals surface area contributed by atoms with Gasteiger partial charge in [0.15, 0.2) is 5.78 Å². The minimum atomic E-state index is -2.83. The number of pyridine rings is 2. The number of ketones is 1. The van der Waals surface area contributed by atoms with Crippen molar-refractivity contribution < 1.29 is 41.5 Å². The normalized spacial score (nSPS) is 15.4. The van der Waals surface area contributed by atoms with Crippen molar-refractivity contribution >= 4 is 27.3 Å². The number of nitrogens with zero attached hydrogens (tertiary/aromatic N) is 2. The Morgan fingerprint density at radius 2 is 1.21 bits per heavy atom. The number of carbonyl (C=O) groups excluding carboxylic acids is 1. The monoisotopic (exact) mass is 1090 g/mol. The molecule has 1 atom stereocenters. The van der Waals surface area contributed by atoms with Gasteiger partial charge in [0.05, 0.1) is 8.50 Å². The predicted octanol–water partition coefficient (Wildman–Crippen LogP) is 16.6. The number of aliphatic hydroxyl groups excluding tert-OH is 1. The number of alkyl halides is 2. The minimum Gasteiger partial charge on any atom is -0.512 e. The molecule has 8 rings (SSSR count). The molecule has 359 valence electrons. The Morgan fingerprint density at radius 1 is 0.731 bits per heavy atom. The molecule has 2 fully saturated rings. The molecule has 2 aliphatic rings. The van der Waals surface area contributed by atoms with Crippen LogP contribution in [-0.4, -0.2) is 26.8 Å². The van der Waals surface area contributed by atoms with Gasteiger partial charge in [-0.05, 0) is 107 Å². The SMILES string of the molecule is CCC(CC)C(=O)/C=C(\O)C(CC)CC(C)(F)F.Cc1[c-]c(-c2nccc3cc(CC4CCCC4)ccc23)cc(C)c1.[2H]c1nc(-c2[c-]c(C)cc(C)c2)c2ccc(CC3CCCC3)cc2c1[2H].[Ir]. The van der Waals surface area contributed by atoms with Gasteiger partial charge in [-0.1, -0.05) is 136 Å². The molecule has 0 aliphatic heterocycles. The number of aryl methyl sites for hydroxylation is 4. The van der Waals surface area contributed by atoms with Crippen molar-refractivity contribution in [3.63, 3.8) is 0 Å². The third-order valence-corrected chi connectivity index (χ3v) is 13.5. The Balaban J connectivity index is 0.000000196. The van der Waals surface area contributed by atoms with Gasteiger partial charge in [0.2, 0.25) is 5.92 Å². The zero-order valence-corrected chi connectivity index (χ0v) is 43.4. The molecule has 67 heavy (non-hydrogen) atoms. The number of carbonyl (C=O) groups is 1. The fourth-order valence-electron chi connectivity index (χ4n) is 10.1. The van der Waals surface area contributed by atoms with E-state index < -0.39 is 18.3 Å². The van der Waals surface area contributed by atoms with Crippen LogP contribution in [0.1, 0.15) is 141 Å². The van der Waals surface area contributed by atoms with E-state index in [0.717, 1.165) is 75.7 Å². The summed E-state index contributed by atoms with van der Waals surface area (Å²) < 4.78 is 42.4. The van der Waals surface area contributed by atoms with Crippen molar-refractivity contribution in [2.24, 2.45) is 23.7 Å². The second-order valence-corrected chi connectivity index (χ2v) is 19.4. The first-order valence-corrected chi connectivity index (χ1v) is 24.6. The zero-order chi connectivity index (χ0) is 49.1. The van der Waals surface area contributed by atoms with Gasteiger partial charge >= 0.3 is 0 Å². The van der Waals surface area contributed by atoms with Crippen LogP contribution in [0.5, 0.6) is 0 Å². The van der Waals surface area contributed by atoms with E-state index in [-0.39, 0.29) is 49.8 Å². The largest absolute Gasteiger partial charge is 0.512 e. The molecule has 0 saturated heterocycles. The maximum Gasteiger partial charge on any atom is 0.246 e. The summed E-state index contributed by atoms with van der Waals surface area (Å²) in [6.45, 7) is 14.7. The van der Waals surface area contributed by atoms with Crippen molar-refractivity contribution in [3.8, 4) is 22.5 Å². The van der Waals surface area contributed by atoms with Crippen LogP contribution in [-0.2, 0) is 37.7 Å². The summed E-state index contributed by atoms with van der Waals surface area (Å²) in [5.74, 6) is -2.34. The molecule has 2 saturated carbocycles. The Morgan fingerprint density at radius 3 is 1.69 bits per heavy atom. The minimum absolute atomic E-state index is 0. The Bertz CT molecular complexity index is 2660. The summed E-state index contributed by atoms with van der Waals surface area (Å²) in [7, 11) is 0. The van der Waals surface area contributed by atoms with Crippen molar-refractivity contribution in [1.29, 1.82) is 0 Å². The third kappa shape index (κ3) is 15.5. The second-order valence-electron chi connectivity index (χ2n) is 19.4. The fraction of sp³-hybridized carbons (Fsp3) is 0.450. The molecular weight excluding hydrogens is 1010 g/mol. The number of hydrogen-bond acceptors (Lipinski definition) is 4. The topological polar surface area (TPSA) is 63.1 Å². The van der Waals surface area contributed by atoms with Gasteiger partial charge in [0, 0.05) is 56.8 Å². The maximum atomic E-state index is 12.9. The molecule has 7 heteroatoms. The fourth-order valence-corrected chi connectivity index (χ4v) is 10.1. The van der Waals surface area contributed by atoms with Crippen molar-refractivity contribution in [3.05, 3.63) is 142 Å². The molecule has 4 nitrogen and oxygen atoms in total. The van der Waals surface area contributed by atoms with Crippen molar-refractivity contribution in [2.45, 2.75) is 151 Å². The molecular formula is C60H72F2IrN2O2-2. The summed E-state index contributed by atoms with van der Waals surface area (Å²) >= 11 is 0. The Labute approximate surface area is 416 Å². The van der Waals surface area contributed by atoms with E-state index in [4.69, 9.17) is 2.74 Å². The molecule has 6 aromatic rings. The van der Waals surface area contributed by atoms with Crippen LogP contribution in [0.15, 0.2) is 97.0 Å². The van der Waals surface area contributed by atoms with Gasteiger partial charge in [-0.2, -0.15) is 0 Å². The number of benzene rings is 4. The third-order valence-electron chi connectivity index (χ3n) is 13.5. The average Bonchev–Trinajstić information content (AvgIpc) is 4.01. The Kier molecular flexibility index (Phi) is 18.9. The van der Waals surface area contributed by atoms with Crippen LogP contribution < -0.4 is 0 Å². The van der Waals surface area contributed by atoms with E-state index in [2.05, 4.69) is 110 Å². The molecule has 0 spiro atoms. The smallest absolute Gasteiger partial charge is 0.246 e. The molecule has 1 unspecified atom stereocenters. The quantitative estimate of drug-likeness (QED) is 0.0671. The molecule has 2 heterocycles. The average molecular weight is 1090 g/mol. The first-order chi connectivity index (χ1) is 32.4. The summed E-state index contributed by atoms with van der Waals surface area (Å²) in [6, 6.07) is 31.0. The van der Waals surface area contributed by atoms with Gasteiger partial charge in [-0.25, -0.2) is 8.78 Å².